The van der Waals surface area contributed by atoms with E-state index >= 15 is 0 Å². The Bertz CT molecular complexity index is 408. The summed E-state index contributed by atoms with van der Waals surface area (Å²) in [6, 6.07) is 0. The maximum Gasteiger partial charge on any atom is 0.189 e. The minimum Gasteiger partial charge on any atom is -0.394 e. The van der Waals surface area contributed by atoms with Crippen LogP contribution in [0.4, 0.5) is 0 Å². The summed E-state index contributed by atoms with van der Waals surface area (Å²) in [6.45, 7) is -1.25. The van der Waals surface area contributed by atoms with Gasteiger partial charge in [-0.05, 0) is 0 Å². The smallest absolute Gasteiger partial charge is 0.189 e. The highest BCUT2D eigenvalue weighted by molar-refractivity contribution is 5.08. The largest absolute Gasteiger partial charge is 0.394 e. The van der Waals surface area contributed by atoms with E-state index in [0.717, 1.165) is 0 Å². The first-order valence-corrected chi connectivity index (χ1v) is 7.03. The molecule has 0 spiro atoms. The Morgan fingerprint density at radius 3 is 2.17 bits per heavy atom. The highest BCUT2D eigenvalue weighted by atomic mass is 16.6. The molecule has 9 N–H and O–H groups in total. The fourth-order valence-corrected chi connectivity index (χ4v) is 2.82. The molecule has 2 aliphatic rings. The summed E-state index contributed by atoms with van der Waals surface area (Å²) in [4.78, 5) is 0. The zero-order valence-electron chi connectivity index (χ0n) is 12.0. The monoisotopic (exact) mass is 342 g/mol. The minimum atomic E-state index is -2.88. The van der Waals surface area contributed by atoms with Crippen molar-refractivity contribution in [2.75, 3.05) is 13.2 Å². The molecule has 2 fully saturated rings. The van der Waals surface area contributed by atoms with Gasteiger partial charge in [-0.15, -0.1) is 0 Å². The predicted molar refractivity (Wildman–Crippen MR) is 68.7 cm³/mol. The first kappa shape index (κ1) is 18.9. The Morgan fingerprint density at radius 1 is 1.00 bits per heavy atom. The fourth-order valence-electron chi connectivity index (χ4n) is 2.82. The van der Waals surface area contributed by atoms with Crippen LogP contribution in [-0.2, 0) is 9.47 Å². The van der Waals surface area contributed by atoms with Gasteiger partial charge in [0.15, 0.2) is 11.9 Å². The number of aliphatic hydroxyl groups is 9. The van der Waals surface area contributed by atoms with Crippen molar-refractivity contribution >= 4 is 0 Å². The van der Waals surface area contributed by atoms with Gasteiger partial charge in [0.2, 0.25) is 0 Å². The molecule has 0 bridgehead atoms. The second kappa shape index (κ2) is 6.82. The number of hydrogen-bond acceptors (Lipinski definition) is 11. The van der Waals surface area contributed by atoms with Gasteiger partial charge in [-0.1, -0.05) is 0 Å². The van der Waals surface area contributed by atoms with Crippen molar-refractivity contribution < 1.29 is 55.4 Å². The van der Waals surface area contributed by atoms with E-state index < -0.39 is 73.9 Å². The molecular weight excluding hydrogens is 320 g/mol. The summed E-state index contributed by atoms with van der Waals surface area (Å²) in [5.41, 5.74) is -2.88. The summed E-state index contributed by atoms with van der Waals surface area (Å²) < 4.78 is 9.72. The van der Waals surface area contributed by atoms with Gasteiger partial charge in [-0.2, -0.15) is 0 Å². The molecule has 10 atom stereocenters. The van der Waals surface area contributed by atoms with Crippen molar-refractivity contribution in [2.45, 2.75) is 60.7 Å². The topological polar surface area (TPSA) is 201 Å². The highest BCUT2D eigenvalue weighted by Gasteiger charge is 2.61. The van der Waals surface area contributed by atoms with Crippen LogP contribution < -0.4 is 0 Å². The van der Waals surface area contributed by atoms with Crippen LogP contribution in [-0.4, -0.2) is 120 Å². The van der Waals surface area contributed by atoms with Crippen molar-refractivity contribution in [3.63, 3.8) is 0 Å². The lowest BCUT2D eigenvalue weighted by Crippen LogP contribution is -2.75. The maximum atomic E-state index is 10.4. The zero-order valence-corrected chi connectivity index (χ0v) is 12.0. The van der Waals surface area contributed by atoms with E-state index in [0.29, 0.717) is 0 Å². The standard InChI is InChI=1S/C12H22O11/c13-1-4-6(16)9(18)12(21,11(20)23-4)10(19)8-7(17)5(15)3(14)2-22-8/h3-11,13-21H,1-2H2/t3-,4+,5+,6+,7-,8-,9-,10?,11-,12-/m0/s1. The molecule has 1 unspecified atom stereocenters. The molecule has 11 heteroatoms. The van der Waals surface area contributed by atoms with Crippen LogP contribution in [0.25, 0.3) is 0 Å². The molecule has 2 aliphatic heterocycles. The average Bonchev–Trinajstić information content (AvgIpc) is 2.53. The first-order valence-electron chi connectivity index (χ1n) is 7.03. The van der Waals surface area contributed by atoms with E-state index in [1.807, 2.05) is 0 Å². The van der Waals surface area contributed by atoms with Gasteiger partial charge >= 0.3 is 0 Å². The number of aliphatic hydroxyl groups excluding tert-OH is 8. The zero-order chi connectivity index (χ0) is 17.5. The second-order valence-corrected chi connectivity index (χ2v) is 5.82. The lowest BCUT2D eigenvalue weighted by molar-refractivity contribution is -0.364. The Kier molecular flexibility index (Phi) is 5.60. The highest BCUT2D eigenvalue weighted by Crippen LogP contribution is 2.35. The predicted octanol–water partition coefficient (Wildman–Crippen LogP) is -6.01. The molecule has 0 radical (unpaired) electrons. The van der Waals surface area contributed by atoms with E-state index in [-0.39, 0.29) is 0 Å². The van der Waals surface area contributed by atoms with Gasteiger partial charge in [0.25, 0.3) is 0 Å². The summed E-state index contributed by atoms with van der Waals surface area (Å²) in [6.07, 6.45) is -16.5. The lowest BCUT2D eigenvalue weighted by Gasteiger charge is -2.50. The van der Waals surface area contributed by atoms with E-state index in [1.165, 1.54) is 0 Å². The normalized spacial score (nSPS) is 53.1. The summed E-state index contributed by atoms with van der Waals surface area (Å²) in [5, 5.41) is 88.1. The number of ether oxygens (including phenoxy) is 2. The van der Waals surface area contributed by atoms with Gasteiger partial charge in [0, 0.05) is 0 Å². The van der Waals surface area contributed by atoms with Gasteiger partial charge in [0.1, 0.15) is 48.8 Å². The molecule has 0 aromatic heterocycles. The maximum absolute atomic E-state index is 10.4. The second-order valence-electron chi connectivity index (χ2n) is 5.82. The van der Waals surface area contributed by atoms with E-state index in [2.05, 4.69) is 0 Å². The van der Waals surface area contributed by atoms with Crippen LogP contribution >= 0.6 is 0 Å². The Morgan fingerprint density at radius 2 is 1.61 bits per heavy atom. The molecule has 2 rings (SSSR count). The van der Waals surface area contributed by atoms with Crippen LogP contribution in [0, 0.1) is 0 Å². The average molecular weight is 342 g/mol. The molecule has 0 aromatic rings. The molecule has 11 nitrogen and oxygen atoms in total. The number of hydrogen-bond donors (Lipinski definition) is 9. The molecule has 0 aliphatic carbocycles. The summed E-state index contributed by atoms with van der Waals surface area (Å²) >= 11 is 0. The van der Waals surface area contributed by atoms with Gasteiger partial charge in [-0.25, -0.2) is 0 Å². The van der Waals surface area contributed by atoms with E-state index in [4.69, 9.17) is 14.6 Å². The molecule has 0 amide bonds. The van der Waals surface area contributed by atoms with Crippen LogP contribution in [0.2, 0.25) is 0 Å². The molecule has 2 heterocycles. The molecule has 136 valence electrons. The molecule has 2 saturated heterocycles. The third-order valence-electron chi connectivity index (χ3n) is 4.38. The Labute approximate surface area is 130 Å². The van der Waals surface area contributed by atoms with Crippen molar-refractivity contribution in [3.05, 3.63) is 0 Å². The van der Waals surface area contributed by atoms with Crippen LogP contribution in [0.1, 0.15) is 0 Å². The van der Waals surface area contributed by atoms with Crippen molar-refractivity contribution in [1.82, 2.24) is 0 Å². The van der Waals surface area contributed by atoms with Crippen molar-refractivity contribution in [1.29, 1.82) is 0 Å². The third-order valence-corrected chi connectivity index (χ3v) is 4.38. The van der Waals surface area contributed by atoms with Gasteiger partial charge < -0.3 is 55.4 Å². The number of rotatable bonds is 3. The van der Waals surface area contributed by atoms with Gasteiger partial charge in [-0.3, -0.25) is 0 Å². The SMILES string of the molecule is OC[C@H]1O[C@H](O)[C@@](O)(C(O)[C@H]2OC[C@H](O)[C@@H](O)[C@@H]2O)[C@@H](O)[C@@H]1O. The molecule has 0 aromatic carbocycles. The quantitative estimate of drug-likeness (QED) is 0.236. The molecular formula is C12H22O11. The van der Waals surface area contributed by atoms with E-state index in [9.17, 15) is 40.9 Å². The molecule has 23 heavy (non-hydrogen) atoms. The van der Waals surface area contributed by atoms with Crippen LogP contribution in [0.3, 0.4) is 0 Å². The third kappa shape index (κ3) is 2.99. The fraction of sp³-hybridized carbons (Fsp3) is 1.00. The Balaban J connectivity index is 2.24. The van der Waals surface area contributed by atoms with Crippen molar-refractivity contribution in [3.8, 4) is 0 Å². The van der Waals surface area contributed by atoms with Gasteiger partial charge in [0.05, 0.1) is 13.2 Å². The summed E-state index contributed by atoms with van der Waals surface area (Å²) in [7, 11) is 0. The minimum absolute atomic E-state index is 0.481. The van der Waals surface area contributed by atoms with Crippen LogP contribution in [0.15, 0.2) is 0 Å². The van der Waals surface area contributed by atoms with E-state index in [1.54, 1.807) is 0 Å². The van der Waals surface area contributed by atoms with Crippen LogP contribution in [0.5, 0.6) is 0 Å². The first-order chi connectivity index (χ1) is 10.7. The molecule has 0 saturated carbocycles. The lowest BCUT2D eigenvalue weighted by atomic mass is 9.78. The Hall–Kier alpha value is -0.440. The van der Waals surface area contributed by atoms with Crippen molar-refractivity contribution in [2.24, 2.45) is 0 Å². The summed E-state index contributed by atoms with van der Waals surface area (Å²) in [5.74, 6) is 0.